The highest BCUT2D eigenvalue weighted by atomic mass is 16.5. The van der Waals surface area contributed by atoms with Crippen molar-refractivity contribution in [3.05, 3.63) is 23.8 Å². The number of carbonyl (C=O) groups excluding carboxylic acids is 1. The molecule has 1 atom stereocenters. The number of amides is 1. The van der Waals surface area contributed by atoms with E-state index in [9.17, 15) is 4.79 Å². The maximum absolute atomic E-state index is 12.8. The van der Waals surface area contributed by atoms with Crippen LogP contribution in [0.4, 0.5) is 0 Å². The standard InChI is InChI=1S/C20H30N2O3/c1-24-18-7-6-16(14-19(18)25-2)17-4-3-13-22(17)20(23)8-5-15-9-11-21-12-10-15/h6-7,14-15,17,21H,3-5,8-13H2,1-2H3. The molecular formula is C20H30N2O3. The molecule has 0 saturated carbocycles. The number of nitrogens with zero attached hydrogens (tertiary/aromatic N) is 1. The number of methoxy groups -OCH3 is 2. The van der Waals surface area contributed by atoms with Crippen LogP contribution in [0.5, 0.6) is 11.5 Å². The lowest BCUT2D eigenvalue weighted by molar-refractivity contribution is -0.132. The lowest BCUT2D eigenvalue weighted by atomic mass is 9.93. The quantitative estimate of drug-likeness (QED) is 0.860. The number of piperidine rings is 1. The number of ether oxygens (including phenoxy) is 2. The highest BCUT2D eigenvalue weighted by Crippen LogP contribution is 2.37. The molecule has 0 bridgehead atoms. The maximum Gasteiger partial charge on any atom is 0.223 e. The first kappa shape index (κ1) is 18.1. The summed E-state index contributed by atoms with van der Waals surface area (Å²) < 4.78 is 10.7. The zero-order chi connectivity index (χ0) is 17.6. The number of carbonyl (C=O) groups is 1. The summed E-state index contributed by atoms with van der Waals surface area (Å²) in [6.45, 7) is 3.05. The van der Waals surface area contributed by atoms with E-state index in [0.717, 1.165) is 56.0 Å². The molecule has 1 aromatic rings. The lowest BCUT2D eigenvalue weighted by Crippen LogP contribution is -2.32. The van der Waals surface area contributed by atoms with Crippen LogP contribution < -0.4 is 14.8 Å². The van der Waals surface area contributed by atoms with Crippen molar-refractivity contribution in [3.63, 3.8) is 0 Å². The summed E-state index contributed by atoms with van der Waals surface area (Å²) in [5.74, 6) is 2.46. The normalized spacial score (nSPS) is 21.4. The second-order valence-electron chi connectivity index (χ2n) is 7.09. The van der Waals surface area contributed by atoms with Crippen LogP contribution in [0.1, 0.15) is 50.1 Å². The Hall–Kier alpha value is -1.75. The number of hydrogen-bond donors (Lipinski definition) is 1. The van der Waals surface area contributed by atoms with Crippen molar-refractivity contribution in [1.82, 2.24) is 10.2 Å². The molecule has 1 unspecified atom stereocenters. The van der Waals surface area contributed by atoms with E-state index in [-0.39, 0.29) is 6.04 Å². The van der Waals surface area contributed by atoms with Crippen molar-refractivity contribution < 1.29 is 14.3 Å². The smallest absolute Gasteiger partial charge is 0.223 e. The van der Waals surface area contributed by atoms with E-state index >= 15 is 0 Å². The predicted molar refractivity (Wildman–Crippen MR) is 98.1 cm³/mol. The Kier molecular flexibility index (Phi) is 6.19. The summed E-state index contributed by atoms with van der Waals surface area (Å²) in [4.78, 5) is 14.9. The average molecular weight is 346 g/mol. The lowest BCUT2D eigenvalue weighted by Gasteiger charge is -2.27. The van der Waals surface area contributed by atoms with Crippen molar-refractivity contribution in [2.45, 2.75) is 44.6 Å². The molecule has 5 nitrogen and oxygen atoms in total. The van der Waals surface area contributed by atoms with Gasteiger partial charge in [0, 0.05) is 13.0 Å². The fourth-order valence-corrected chi connectivity index (χ4v) is 4.11. The van der Waals surface area contributed by atoms with Crippen LogP contribution in [-0.4, -0.2) is 44.7 Å². The molecule has 2 saturated heterocycles. The largest absolute Gasteiger partial charge is 0.493 e. The minimum atomic E-state index is 0.167. The van der Waals surface area contributed by atoms with Gasteiger partial charge in [-0.15, -0.1) is 0 Å². The van der Waals surface area contributed by atoms with Crippen molar-refractivity contribution in [1.29, 1.82) is 0 Å². The molecule has 0 aromatic heterocycles. The topological polar surface area (TPSA) is 50.8 Å². The molecule has 0 spiro atoms. The van der Waals surface area contributed by atoms with E-state index in [0.29, 0.717) is 18.2 Å². The van der Waals surface area contributed by atoms with Gasteiger partial charge < -0.3 is 19.7 Å². The van der Waals surface area contributed by atoms with E-state index < -0.39 is 0 Å². The molecule has 3 rings (SSSR count). The van der Waals surface area contributed by atoms with Gasteiger partial charge in [-0.25, -0.2) is 0 Å². The van der Waals surface area contributed by atoms with Crippen LogP contribution in [0.15, 0.2) is 18.2 Å². The molecule has 2 aliphatic heterocycles. The number of rotatable bonds is 6. The van der Waals surface area contributed by atoms with E-state index in [4.69, 9.17) is 9.47 Å². The van der Waals surface area contributed by atoms with Gasteiger partial charge in [0.25, 0.3) is 0 Å². The highest BCUT2D eigenvalue weighted by molar-refractivity contribution is 5.77. The van der Waals surface area contributed by atoms with E-state index in [2.05, 4.69) is 16.3 Å². The van der Waals surface area contributed by atoms with Crippen LogP contribution in [0.25, 0.3) is 0 Å². The third kappa shape index (κ3) is 4.27. The van der Waals surface area contributed by atoms with Gasteiger partial charge >= 0.3 is 0 Å². The minimum Gasteiger partial charge on any atom is -0.493 e. The molecule has 0 aliphatic carbocycles. The first-order valence-corrected chi connectivity index (χ1v) is 9.45. The first-order chi connectivity index (χ1) is 12.2. The Morgan fingerprint density at radius 2 is 1.92 bits per heavy atom. The molecule has 2 heterocycles. The van der Waals surface area contributed by atoms with E-state index in [1.54, 1.807) is 14.2 Å². The molecule has 5 heteroatoms. The Morgan fingerprint density at radius 3 is 2.64 bits per heavy atom. The predicted octanol–water partition coefficient (Wildman–Crippen LogP) is 3.15. The Balaban J connectivity index is 1.64. The van der Waals surface area contributed by atoms with Crippen LogP contribution in [0, 0.1) is 5.92 Å². The molecular weight excluding hydrogens is 316 g/mol. The van der Waals surface area contributed by atoms with Gasteiger partial charge in [-0.1, -0.05) is 6.07 Å². The average Bonchev–Trinajstić information content (AvgIpc) is 3.16. The molecule has 1 amide bonds. The number of nitrogens with one attached hydrogen (secondary N) is 1. The molecule has 138 valence electrons. The second-order valence-corrected chi connectivity index (χ2v) is 7.09. The molecule has 1 aromatic carbocycles. The minimum absolute atomic E-state index is 0.167. The SMILES string of the molecule is COc1ccc(C2CCCN2C(=O)CCC2CCNCC2)cc1OC. The number of benzene rings is 1. The molecule has 25 heavy (non-hydrogen) atoms. The van der Waals surface area contributed by atoms with Gasteiger partial charge in [-0.05, 0) is 68.8 Å². The molecule has 0 radical (unpaired) electrons. The van der Waals surface area contributed by atoms with Gasteiger partial charge in [-0.2, -0.15) is 0 Å². The van der Waals surface area contributed by atoms with Crippen LogP contribution in [0.2, 0.25) is 0 Å². The zero-order valence-corrected chi connectivity index (χ0v) is 15.4. The van der Waals surface area contributed by atoms with Crippen molar-refractivity contribution in [3.8, 4) is 11.5 Å². The second kappa shape index (κ2) is 8.56. The fourth-order valence-electron chi connectivity index (χ4n) is 4.11. The summed E-state index contributed by atoms with van der Waals surface area (Å²) in [6.07, 6.45) is 6.19. The zero-order valence-electron chi connectivity index (χ0n) is 15.4. The molecule has 2 fully saturated rings. The van der Waals surface area contributed by atoms with Crippen LogP contribution in [0.3, 0.4) is 0 Å². The summed E-state index contributed by atoms with van der Waals surface area (Å²) >= 11 is 0. The van der Waals surface area contributed by atoms with Gasteiger partial charge in [0.2, 0.25) is 5.91 Å². The monoisotopic (exact) mass is 346 g/mol. The van der Waals surface area contributed by atoms with Gasteiger partial charge in [0.1, 0.15) is 0 Å². The summed E-state index contributed by atoms with van der Waals surface area (Å²) in [5, 5.41) is 3.39. The maximum atomic E-state index is 12.8. The Morgan fingerprint density at radius 1 is 1.16 bits per heavy atom. The third-order valence-electron chi connectivity index (χ3n) is 5.59. The number of likely N-dealkylation sites (tertiary alicyclic amines) is 1. The van der Waals surface area contributed by atoms with E-state index in [1.807, 2.05) is 12.1 Å². The fraction of sp³-hybridized carbons (Fsp3) is 0.650. The van der Waals surface area contributed by atoms with E-state index in [1.165, 1.54) is 12.8 Å². The molecule has 2 aliphatic rings. The van der Waals surface area contributed by atoms with Gasteiger partial charge in [-0.3, -0.25) is 4.79 Å². The Labute approximate surface area is 150 Å². The van der Waals surface area contributed by atoms with Crippen molar-refractivity contribution in [2.75, 3.05) is 33.9 Å². The van der Waals surface area contributed by atoms with Gasteiger partial charge in [0.15, 0.2) is 11.5 Å². The Bertz CT molecular complexity index is 584. The highest BCUT2D eigenvalue weighted by Gasteiger charge is 2.30. The van der Waals surface area contributed by atoms with Crippen LogP contribution in [-0.2, 0) is 4.79 Å². The summed E-state index contributed by atoms with van der Waals surface area (Å²) in [5.41, 5.74) is 1.14. The van der Waals surface area contributed by atoms with Crippen LogP contribution >= 0.6 is 0 Å². The van der Waals surface area contributed by atoms with Crippen molar-refractivity contribution >= 4 is 5.91 Å². The summed E-state index contributed by atoms with van der Waals surface area (Å²) in [7, 11) is 3.29. The third-order valence-corrected chi connectivity index (χ3v) is 5.59. The number of hydrogen-bond acceptors (Lipinski definition) is 4. The first-order valence-electron chi connectivity index (χ1n) is 9.45. The summed E-state index contributed by atoms with van der Waals surface area (Å²) in [6, 6.07) is 6.18. The van der Waals surface area contributed by atoms with Gasteiger partial charge in [0.05, 0.1) is 20.3 Å². The van der Waals surface area contributed by atoms with Crippen molar-refractivity contribution in [2.24, 2.45) is 5.92 Å². The molecule has 1 N–H and O–H groups in total.